The molecule has 3 aromatic carbocycles. The highest BCUT2D eigenvalue weighted by Gasteiger charge is 2.36. The monoisotopic (exact) mass is 586 g/mol. The lowest BCUT2D eigenvalue weighted by molar-refractivity contribution is -0.137. The molecular formula is C37H42BF3O2. The Balaban J connectivity index is 2.26. The summed E-state index contributed by atoms with van der Waals surface area (Å²) in [5, 5.41) is 0. The molecule has 0 fully saturated rings. The van der Waals surface area contributed by atoms with Crippen molar-refractivity contribution in [3.63, 3.8) is 0 Å². The van der Waals surface area contributed by atoms with E-state index in [0.29, 0.717) is 16.6 Å². The third kappa shape index (κ3) is 9.79. The Labute approximate surface area is 256 Å². The lowest BCUT2D eigenvalue weighted by atomic mass is 9.71. The topological polar surface area (TPSA) is 18.5 Å². The van der Waals surface area contributed by atoms with Gasteiger partial charge in [-0.15, -0.1) is 0 Å². The lowest BCUT2D eigenvalue weighted by Crippen LogP contribution is -2.44. The maximum atomic E-state index is 14.2. The van der Waals surface area contributed by atoms with Crippen molar-refractivity contribution in [1.29, 1.82) is 0 Å². The van der Waals surface area contributed by atoms with Crippen LogP contribution in [0.4, 0.5) is 13.2 Å². The number of halogens is 3. The van der Waals surface area contributed by atoms with Crippen molar-refractivity contribution < 1.29 is 22.5 Å². The van der Waals surface area contributed by atoms with E-state index >= 15 is 0 Å². The van der Waals surface area contributed by atoms with Crippen LogP contribution in [0.3, 0.4) is 0 Å². The second-order valence-electron chi connectivity index (χ2n) is 13.3. The van der Waals surface area contributed by atoms with E-state index in [4.69, 9.17) is 9.31 Å². The van der Waals surface area contributed by atoms with Crippen molar-refractivity contribution in [2.24, 2.45) is 0 Å². The van der Waals surface area contributed by atoms with E-state index in [1.165, 1.54) is 0 Å². The highest BCUT2D eigenvalue weighted by molar-refractivity contribution is 6.63. The van der Waals surface area contributed by atoms with E-state index in [2.05, 4.69) is 65.2 Å². The summed E-state index contributed by atoms with van der Waals surface area (Å²) in [6.07, 6.45) is -5.12. The van der Waals surface area contributed by atoms with E-state index in [9.17, 15) is 13.2 Å². The zero-order valence-electron chi connectivity index (χ0n) is 27.0. The predicted molar refractivity (Wildman–Crippen MR) is 172 cm³/mol. The number of alkyl halides is 3. The minimum absolute atomic E-state index is 0.0314. The van der Waals surface area contributed by atoms with E-state index in [1.807, 2.05) is 76.2 Å². The van der Waals surface area contributed by atoms with Crippen LogP contribution in [0.25, 0.3) is 0 Å². The summed E-state index contributed by atoms with van der Waals surface area (Å²) in [6, 6.07) is 17.6. The molecule has 0 aliphatic heterocycles. The Kier molecular flexibility index (Phi) is 10.7. The fraction of sp³-hybridized carbons (Fsp3) is 0.405. The van der Waals surface area contributed by atoms with Crippen LogP contribution in [0.15, 0.2) is 60.7 Å². The second kappa shape index (κ2) is 13.5. The van der Waals surface area contributed by atoms with Gasteiger partial charge in [0.2, 0.25) is 0 Å². The van der Waals surface area contributed by atoms with Gasteiger partial charge in [-0.2, -0.15) is 13.2 Å². The van der Waals surface area contributed by atoms with Crippen molar-refractivity contribution in [2.45, 2.75) is 98.5 Å². The molecule has 0 unspecified atom stereocenters. The summed E-state index contributed by atoms with van der Waals surface area (Å²) in [5.74, 6) is 12.2. The summed E-state index contributed by atoms with van der Waals surface area (Å²) in [4.78, 5) is 0. The predicted octanol–water partition coefficient (Wildman–Crippen LogP) is 8.65. The summed E-state index contributed by atoms with van der Waals surface area (Å²) in [5.41, 5.74) is 3.47. The van der Waals surface area contributed by atoms with Gasteiger partial charge in [0.25, 0.3) is 0 Å². The van der Waals surface area contributed by atoms with Gasteiger partial charge < -0.3 is 9.31 Å². The standard InChI is InChI=1S/C37H42BF3O2/c1-25(2)42-38(43-26(3)4)34-29(17-11-27-13-19-31(20-14-27)35(5,6)7)23-33(37(39,40)41)24-30(34)18-12-28-15-21-32(22-16-28)36(8,9)10/h13-16,19-26H,1-10H3. The van der Waals surface area contributed by atoms with E-state index in [0.717, 1.165) is 23.3 Å². The van der Waals surface area contributed by atoms with Gasteiger partial charge in [0.15, 0.2) is 0 Å². The Morgan fingerprint density at radius 1 is 0.558 bits per heavy atom. The zero-order chi connectivity index (χ0) is 32.2. The zero-order valence-corrected chi connectivity index (χ0v) is 27.0. The van der Waals surface area contributed by atoms with Crippen LogP contribution >= 0.6 is 0 Å². The van der Waals surface area contributed by atoms with Crippen LogP contribution in [0, 0.1) is 23.7 Å². The normalized spacial score (nSPS) is 12.1. The largest absolute Gasteiger partial charge is 0.496 e. The molecule has 0 aromatic heterocycles. The first kappa shape index (κ1) is 34.0. The summed E-state index contributed by atoms with van der Waals surface area (Å²) in [7, 11) is -0.970. The van der Waals surface area contributed by atoms with Crippen LogP contribution < -0.4 is 5.46 Å². The Bertz CT molecular complexity index is 1410. The number of rotatable bonds is 5. The van der Waals surface area contributed by atoms with Crippen molar-refractivity contribution in [3.05, 3.63) is 99.6 Å². The third-order valence-electron chi connectivity index (χ3n) is 6.72. The molecule has 3 aromatic rings. The first-order valence-corrected chi connectivity index (χ1v) is 14.7. The smallest absolute Gasteiger partial charge is 0.405 e. The van der Waals surface area contributed by atoms with Gasteiger partial charge >= 0.3 is 13.3 Å². The Morgan fingerprint density at radius 3 is 1.19 bits per heavy atom. The number of hydrogen-bond acceptors (Lipinski definition) is 2. The third-order valence-corrected chi connectivity index (χ3v) is 6.72. The van der Waals surface area contributed by atoms with E-state index in [-0.39, 0.29) is 34.2 Å². The second-order valence-corrected chi connectivity index (χ2v) is 13.3. The highest BCUT2D eigenvalue weighted by Crippen LogP contribution is 2.31. The van der Waals surface area contributed by atoms with Crippen LogP contribution in [0.5, 0.6) is 0 Å². The van der Waals surface area contributed by atoms with Gasteiger partial charge in [-0.3, -0.25) is 0 Å². The number of hydrogen-bond donors (Lipinski definition) is 0. The maximum absolute atomic E-state index is 14.2. The first-order valence-electron chi connectivity index (χ1n) is 14.7. The molecule has 0 N–H and O–H groups in total. The van der Waals surface area contributed by atoms with Crippen LogP contribution in [0.2, 0.25) is 0 Å². The van der Waals surface area contributed by atoms with E-state index in [1.54, 1.807) is 0 Å². The van der Waals surface area contributed by atoms with Gasteiger partial charge in [-0.05, 0) is 86.1 Å². The molecule has 0 aliphatic carbocycles. The molecule has 0 bridgehead atoms. The molecule has 0 radical (unpaired) electrons. The minimum atomic E-state index is -4.60. The molecule has 0 heterocycles. The average molecular weight is 587 g/mol. The van der Waals surface area contributed by atoms with Gasteiger partial charge in [-0.25, -0.2) is 0 Å². The van der Waals surface area contributed by atoms with Gasteiger partial charge in [0.05, 0.1) is 5.56 Å². The summed E-state index contributed by atoms with van der Waals surface area (Å²) >= 11 is 0. The van der Waals surface area contributed by atoms with Crippen LogP contribution in [-0.4, -0.2) is 19.3 Å². The fourth-order valence-electron chi connectivity index (χ4n) is 4.33. The molecule has 0 amide bonds. The fourth-order valence-corrected chi connectivity index (χ4v) is 4.33. The highest BCUT2D eigenvalue weighted by atomic mass is 19.4. The molecule has 43 heavy (non-hydrogen) atoms. The molecule has 0 spiro atoms. The Hall–Kier alpha value is -3.45. The first-order chi connectivity index (χ1) is 19.8. The summed E-state index contributed by atoms with van der Waals surface area (Å²) < 4.78 is 54.8. The summed E-state index contributed by atoms with van der Waals surface area (Å²) in [6.45, 7) is 20.1. The molecule has 0 atom stereocenters. The Morgan fingerprint density at radius 2 is 0.907 bits per heavy atom. The molecule has 6 heteroatoms. The van der Waals surface area contributed by atoms with Gasteiger partial charge in [-0.1, -0.05) is 89.5 Å². The van der Waals surface area contributed by atoms with Crippen molar-refractivity contribution in [1.82, 2.24) is 0 Å². The molecule has 226 valence electrons. The van der Waals surface area contributed by atoms with Crippen LogP contribution in [-0.2, 0) is 26.3 Å². The molecule has 3 rings (SSSR count). The van der Waals surface area contributed by atoms with E-state index < -0.39 is 18.9 Å². The average Bonchev–Trinajstić information content (AvgIpc) is 2.88. The van der Waals surface area contributed by atoms with Gasteiger partial charge in [0, 0.05) is 39.9 Å². The maximum Gasteiger partial charge on any atom is 0.496 e. The molecular weight excluding hydrogens is 544 g/mol. The molecule has 0 saturated carbocycles. The van der Waals surface area contributed by atoms with Crippen molar-refractivity contribution >= 4 is 12.6 Å². The van der Waals surface area contributed by atoms with Gasteiger partial charge in [0.1, 0.15) is 0 Å². The molecule has 0 saturated heterocycles. The number of benzene rings is 3. The lowest BCUT2D eigenvalue weighted by Gasteiger charge is -2.23. The minimum Gasteiger partial charge on any atom is -0.405 e. The SMILES string of the molecule is CC(C)OB(OC(C)C)c1c(C#Cc2ccc(C(C)(C)C)cc2)cc(C(F)(F)F)cc1C#Cc1ccc(C(C)(C)C)cc1. The molecule has 2 nitrogen and oxygen atoms in total. The van der Waals surface area contributed by atoms with Crippen LogP contribution in [0.1, 0.15) is 108 Å². The van der Waals surface area contributed by atoms with Crippen molar-refractivity contribution in [3.8, 4) is 23.7 Å². The quantitative estimate of drug-likeness (QED) is 0.220. The molecule has 0 aliphatic rings. The van der Waals surface area contributed by atoms with Crippen molar-refractivity contribution in [2.75, 3.05) is 0 Å².